The summed E-state index contributed by atoms with van der Waals surface area (Å²) in [6.07, 6.45) is 5.59. The summed E-state index contributed by atoms with van der Waals surface area (Å²) in [6, 6.07) is 3.89. The van der Waals surface area contributed by atoms with Crippen LogP contribution in [0.5, 0.6) is 0 Å². The molecule has 1 aromatic heterocycles. The summed E-state index contributed by atoms with van der Waals surface area (Å²) < 4.78 is 5.27. The van der Waals surface area contributed by atoms with E-state index in [1.165, 1.54) is 12.8 Å². The van der Waals surface area contributed by atoms with Gasteiger partial charge in [0.25, 0.3) is 0 Å². The van der Waals surface area contributed by atoms with E-state index in [4.69, 9.17) is 9.84 Å². The number of aromatic nitrogens is 1. The summed E-state index contributed by atoms with van der Waals surface area (Å²) in [4.78, 5) is 29.7. The molecule has 26 heavy (non-hydrogen) atoms. The molecule has 0 atom stereocenters. The van der Waals surface area contributed by atoms with Crippen LogP contribution in [0, 0.1) is 5.92 Å². The summed E-state index contributed by atoms with van der Waals surface area (Å²) >= 11 is 0. The Hall–Kier alpha value is -2.15. The minimum Gasteiger partial charge on any atom is -0.480 e. The third kappa shape index (κ3) is 4.94. The van der Waals surface area contributed by atoms with E-state index in [9.17, 15) is 9.59 Å². The Kier molecular flexibility index (Phi) is 5.76. The molecule has 7 nitrogen and oxygen atoms in total. The van der Waals surface area contributed by atoms with Crippen LogP contribution >= 0.6 is 0 Å². The third-order valence-corrected chi connectivity index (χ3v) is 4.87. The topological polar surface area (TPSA) is 91.8 Å². The molecular formula is C19H27N3O4. The molecule has 2 N–H and O–H groups in total. The van der Waals surface area contributed by atoms with Crippen molar-refractivity contribution in [1.29, 1.82) is 0 Å². The van der Waals surface area contributed by atoms with Gasteiger partial charge in [-0.15, -0.1) is 0 Å². The van der Waals surface area contributed by atoms with Gasteiger partial charge in [-0.2, -0.15) is 0 Å². The molecule has 2 fully saturated rings. The average molecular weight is 361 g/mol. The van der Waals surface area contributed by atoms with Crippen LogP contribution in [0.25, 0.3) is 0 Å². The van der Waals surface area contributed by atoms with Gasteiger partial charge in [0, 0.05) is 24.8 Å². The van der Waals surface area contributed by atoms with E-state index in [1.54, 1.807) is 18.3 Å². The monoisotopic (exact) mass is 361 g/mol. The molecule has 0 amide bonds. The normalized spacial score (nSPS) is 22.2. The van der Waals surface area contributed by atoms with Crippen molar-refractivity contribution in [2.24, 2.45) is 5.92 Å². The largest absolute Gasteiger partial charge is 0.480 e. The van der Waals surface area contributed by atoms with Gasteiger partial charge in [0.15, 0.2) is 0 Å². The Labute approximate surface area is 153 Å². The lowest BCUT2D eigenvalue weighted by molar-refractivity contribution is -0.139. The van der Waals surface area contributed by atoms with Gasteiger partial charge in [-0.05, 0) is 57.6 Å². The van der Waals surface area contributed by atoms with E-state index in [0.29, 0.717) is 17.3 Å². The maximum absolute atomic E-state index is 12.2. The number of carboxylic acids is 1. The maximum Gasteiger partial charge on any atom is 0.342 e. The Balaban J connectivity index is 1.56. The number of carbonyl (C=O) groups is 2. The molecule has 0 unspecified atom stereocenters. The number of rotatable bonds is 9. The average Bonchev–Trinajstić information content (AvgIpc) is 3.33. The molecule has 0 saturated heterocycles. The van der Waals surface area contributed by atoms with Gasteiger partial charge in [0.05, 0.1) is 12.6 Å². The van der Waals surface area contributed by atoms with Gasteiger partial charge >= 0.3 is 11.9 Å². The lowest BCUT2D eigenvalue weighted by atomic mass is 9.85. The number of carbonyl (C=O) groups excluding carboxylic acids is 1. The number of hydrogen-bond acceptors (Lipinski definition) is 6. The number of nitrogens with zero attached hydrogens (tertiary/aromatic N) is 2. The van der Waals surface area contributed by atoms with Gasteiger partial charge in [-0.1, -0.05) is 0 Å². The second kappa shape index (κ2) is 8.03. The SMILES string of the molecule is CC(C)OC(=O)c1cccnc1NC1CC(N(CC(=O)O)CC2CC2)C1. The van der Waals surface area contributed by atoms with Crippen molar-refractivity contribution in [1.82, 2.24) is 9.88 Å². The number of pyridine rings is 1. The second-order valence-corrected chi connectivity index (χ2v) is 7.59. The van der Waals surface area contributed by atoms with Gasteiger partial charge in [0.1, 0.15) is 11.4 Å². The Morgan fingerprint density at radius 3 is 2.73 bits per heavy atom. The fourth-order valence-electron chi connectivity index (χ4n) is 3.31. The van der Waals surface area contributed by atoms with Crippen molar-refractivity contribution in [2.45, 2.75) is 57.7 Å². The summed E-state index contributed by atoms with van der Waals surface area (Å²) in [5.74, 6) is 0.0429. The Bertz CT molecular complexity index is 654. The maximum atomic E-state index is 12.2. The highest BCUT2D eigenvalue weighted by Gasteiger charge is 2.37. The zero-order valence-electron chi connectivity index (χ0n) is 15.4. The van der Waals surface area contributed by atoms with Crippen molar-refractivity contribution in [3.63, 3.8) is 0 Å². The first-order valence-corrected chi connectivity index (χ1v) is 9.30. The molecule has 0 radical (unpaired) electrons. The zero-order chi connectivity index (χ0) is 18.7. The molecule has 0 aromatic carbocycles. The Morgan fingerprint density at radius 2 is 2.12 bits per heavy atom. The zero-order valence-corrected chi connectivity index (χ0v) is 15.4. The van der Waals surface area contributed by atoms with E-state index in [-0.39, 0.29) is 30.7 Å². The van der Waals surface area contributed by atoms with E-state index >= 15 is 0 Å². The van der Waals surface area contributed by atoms with E-state index in [2.05, 4.69) is 15.2 Å². The standard InChI is InChI=1S/C19H27N3O4/c1-12(2)26-19(25)16-4-3-7-20-18(16)21-14-8-15(9-14)22(11-17(23)24)10-13-5-6-13/h3-4,7,12-15H,5-6,8-11H2,1-2H3,(H,20,21)(H,23,24). The van der Waals surface area contributed by atoms with Crippen molar-refractivity contribution >= 4 is 17.8 Å². The fourth-order valence-corrected chi connectivity index (χ4v) is 3.31. The van der Waals surface area contributed by atoms with Crippen LogP contribution in [-0.4, -0.2) is 58.2 Å². The summed E-state index contributed by atoms with van der Waals surface area (Å²) in [5, 5.41) is 12.5. The first-order valence-electron chi connectivity index (χ1n) is 9.30. The smallest absolute Gasteiger partial charge is 0.342 e. The molecule has 1 heterocycles. The molecule has 2 aliphatic carbocycles. The number of carboxylic acid groups (broad SMARTS) is 1. The third-order valence-electron chi connectivity index (χ3n) is 4.87. The van der Waals surface area contributed by atoms with Crippen molar-refractivity contribution < 1.29 is 19.4 Å². The molecule has 2 aliphatic rings. The van der Waals surface area contributed by atoms with Crippen molar-refractivity contribution in [2.75, 3.05) is 18.4 Å². The molecule has 7 heteroatoms. The van der Waals surface area contributed by atoms with Crippen LogP contribution in [0.4, 0.5) is 5.82 Å². The fraction of sp³-hybridized carbons (Fsp3) is 0.632. The molecule has 0 bridgehead atoms. The van der Waals surface area contributed by atoms with Crippen LogP contribution in [0.15, 0.2) is 18.3 Å². The Morgan fingerprint density at radius 1 is 1.38 bits per heavy atom. The van der Waals surface area contributed by atoms with Gasteiger partial charge in [-0.3, -0.25) is 9.69 Å². The van der Waals surface area contributed by atoms with Crippen molar-refractivity contribution in [3.05, 3.63) is 23.9 Å². The van der Waals surface area contributed by atoms with E-state index in [0.717, 1.165) is 19.4 Å². The highest BCUT2D eigenvalue weighted by molar-refractivity contribution is 5.94. The number of aliphatic carboxylic acids is 1. The van der Waals surface area contributed by atoms with Gasteiger partial charge in [-0.25, -0.2) is 9.78 Å². The van der Waals surface area contributed by atoms with Crippen molar-refractivity contribution in [3.8, 4) is 0 Å². The summed E-state index contributed by atoms with van der Waals surface area (Å²) in [7, 11) is 0. The molecule has 142 valence electrons. The van der Waals surface area contributed by atoms with Crippen LogP contribution < -0.4 is 5.32 Å². The first kappa shape index (κ1) is 18.6. The van der Waals surface area contributed by atoms with E-state index < -0.39 is 5.97 Å². The number of ether oxygens (including phenoxy) is 1. The highest BCUT2D eigenvalue weighted by atomic mass is 16.5. The molecule has 0 aliphatic heterocycles. The van der Waals surface area contributed by atoms with Crippen LogP contribution in [0.1, 0.15) is 49.9 Å². The van der Waals surface area contributed by atoms with Crippen LogP contribution in [-0.2, 0) is 9.53 Å². The van der Waals surface area contributed by atoms with E-state index in [1.807, 2.05) is 13.8 Å². The predicted octanol–water partition coefficient (Wildman–Crippen LogP) is 2.39. The predicted molar refractivity (Wildman–Crippen MR) is 97.2 cm³/mol. The molecular weight excluding hydrogens is 334 g/mol. The lowest BCUT2D eigenvalue weighted by Crippen LogP contribution is -2.52. The van der Waals surface area contributed by atoms with Gasteiger partial charge in [0.2, 0.25) is 0 Å². The number of esters is 1. The minimum absolute atomic E-state index is 0.101. The minimum atomic E-state index is -0.773. The number of anilines is 1. The van der Waals surface area contributed by atoms with Crippen LogP contribution in [0.2, 0.25) is 0 Å². The number of hydrogen-bond donors (Lipinski definition) is 2. The lowest BCUT2D eigenvalue weighted by Gasteiger charge is -2.43. The highest BCUT2D eigenvalue weighted by Crippen LogP contribution is 2.34. The first-order chi connectivity index (χ1) is 12.4. The second-order valence-electron chi connectivity index (χ2n) is 7.59. The summed E-state index contributed by atoms with van der Waals surface area (Å²) in [6.45, 7) is 4.60. The molecule has 0 spiro atoms. The van der Waals surface area contributed by atoms with Crippen LogP contribution in [0.3, 0.4) is 0 Å². The molecule has 3 rings (SSSR count). The quantitative estimate of drug-likeness (QED) is 0.653. The summed E-state index contributed by atoms with van der Waals surface area (Å²) in [5.41, 5.74) is 0.435. The van der Waals surface area contributed by atoms with Gasteiger partial charge < -0.3 is 15.2 Å². The molecule has 1 aromatic rings. The number of nitrogens with one attached hydrogen (secondary N) is 1. The molecule has 2 saturated carbocycles.